The Morgan fingerprint density at radius 3 is 2.62 bits per heavy atom. The van der Waals surface area contributed by atoms with Crippen LogP contribution in [0.3, 0.4) is 0 Å². The Kier molecular flexibility index (Phi) is 6.49. The number of carbonyl (C=O) groups is 1. The molecule has 7 heteroatoms. The molecule has 1 heterocycles. The molecule has 0 saturated heterocycles. The Balaban J connectivity index is 1.65. The van der Waals surface area contributed by atoms with Crippen molar-refractivity contribution in [3.8, 4) is 22.9 Å². The highest BCUT2D eigenvalue weighted by Crippen LogP contribution is 2.22. The molecule has 0 fully saturated rings. The maximum Gasteiger partial charge on any atom is 0.263 e. The number of aryl methyl sites for hydroxylation is 1. The fourth-order valence-corrected chi connectivity index (χ4v) is 2.81. The minimum atomic E-state index is -0.580. The zero-order valence-electron chi connectivity index (χ0n) is 17.1. The summed E-state index contributed by atoms with van der Waals surface area (Å²) in [6, 6.07) is 15.0. The van der Waals surface area contributed by atoms with Gasteiger partial charge in [0, 0.05) is 12.6 Å². The van der Waals surface area contributed by atoms with E-state index in [4.69, 9.17) is 14.0 Å². The molecule has 0 aliphatic carbocycles. The summed E-state index contributed by atoms with van der Waals surface area (Å²) in [5.74, 6) is 2.03. The lowest BCUT2D eigenvalue weighted by Crippen LogP contribution is -2.39. The van der Waals surface area contributed by atoms with Crippen molar-refractivity contribution in [1.82, 2.24) is 15.0 Å². The molecule has 1 atom stereocenters. The molecular weight excluding hydrogens is 370 g/mol. The SMILES string of the molecule is CC[C@@H](Oc1ccc(C)cc1)C(=O)N(C)Cc1nc(-c2cccc(OC)c2)no1. The molecule has 0 bridgehead atoms. The zero-order valence-corrected chi connectivity index (χ0v) is 17.1. The first-order valence-corrected chi connectivity index (χ1v) is 9.45. The summed E-state index contributed by atoms with van der Waals surface area (Å²) in [7, 11) is 3.29. The van der Waals surface area contributed by atoms with Crippen molar-refractivity contribution in [2.24, 2.45) is 0 Å². The minimum absolute atomic E-state index is 0.144. The van der Waals surface area contributed by atoms with Crippen molar-refractivity contribution < 1.29 is 18.8 Å². The fourth-order valence-electron chi connectivity index (χ4n) is 2.81. The number of ether oxygens (including phenoxy) is 2. The van der Waals surface area contributed by atoms with Gasteiger partial charge in [0.2, 0.25) is 11.7 Å². The van der Waals surface area contributed by atoms with Crippen LogP contribution in [0.2, 0.25) is 0 Å². The highest BCUT2D eigenvalue weighted by molar-refractivity contribution is 5.80. The lowest BCUT2D eigenvalue weighted by atomic mass is 10.2. The van der Waals surface area contributed by atoms with Crippen molar-refractivity contribution in [2.75, 3.05) is 14.2 Å². The number of rotatable bonds is 8. The number of amides is 1. The molecule has 29 heavy (non-hydrogen) atoms. The van der Waals surface area contributed by atoms with E-state index in [1.54, 1.807) is 14.2 Å². The number of hydrogen-bond acceptors (Lipinski definition) is 6. The first-order chi connectivity index (χ1) is 14.0. The van der Waals surface area contributed by atoms with Gasteiger partial charge in [0.05, 0.1) is 13.7 Å². The maximum atomic E-state index is 12.8. The summed E-state index contributed by atoms with van der Waals surface area (Å²) >= 11 is 0. The van der Waals surface area contributed by atoms with Gasteiger partial charge in [-0.1, -0.05) is 41.9 Å². The monoisotopic (exact) mass is 395 g/mol. The van der Waals surface area contributed by atoms with Gasteiger partial charge >= 0.3 is 0 Å². The molecule has 0 radical (unpaired) electrons. The normalized spacial score (nSPS) is 11.7. The van der Waals surface area contributed by atoms with Gasteiger partial charge in [-0.3, -0.25) is 4.79 Å². The first-order valence-electron chi connectivity index (χ1n) is 9.45. The van der Waals surface area contributed by atoms with E-state index in [1.807, 2.05) is 62.4 Å². The molecule has 7 nitrogen and oxygen atoms in total. The number of aromatic nitrogens is 2. The van der Waals surface area contributed by atoms with E-state index < -0.39 is 6.10 Å². The van der Waals surface area contributed by atoms with Crippen molar-refractivity contribution in [3.63, 3.8) is 0 Å². The van der Waals surface area contributed by atoms with Gasteiger partial charge in [-0.05, 0) is 37.6 Å². The van der Waals surface area contributed by atoms with Gasteiger partial charge in [-0.2, -0.15) is 4.98 Å². The van der Waals surface area contributed by atoms with Crippen LogP contribution in [0.1, 0.15) is 24.8 Å². The van der Waals surface area contributed by atoms with Gasteiger partial charge in [0.25, 0.3) is 5.91 Å². The molecule has 1 amide bonds. The van der Waals surface area contributed by atoms with Crippen molar-refractivity contribution >= 4 is 5.91 Å². The average Bonchev–Trinajstić information content (AvgIpc) is 3.21. The topological polar surface area (TPSA) is 77.7 Å². The van der Waals surface area contributed by atoms with E-state index in [0.29, 0.717) is 29.6 Å². The average molecular weight is 395 g/mol. The largest absolute Gasteiger partial charge is 0.497 e. The van der Waals surface area contributed by atoms with E-state index in [0.717, 1.165) is 11.1 Å². The van der Waals surface area contributed by atoms with Crippen molar-refractivity contribution in [3.05, 3.63) is 60.0 Å². The van der Waals surface area contributed by atoms with Crippen LogP contribution in [-0.2, 0) is 11.3 Å². The molecule has 0 aliphatic heterocycles. The molecule has 0 N–H and O–H groups in total. The molecule has 0 aliphatic rings. The molecule has 1 aromatic heterocycles. The summed E-state index contributed by atoms with van der Waals surface area (Å²) in [6.07, 6.45) is -0.0286. The third kappa shape index (κ3) is 5.13. The second-order valence-corrected chi connectivity index (χ2v) is 6.77. The molecule has 0 unspecified atom stereocenters. The number of likely N-dealkylation sites (N-methyl/N-ethyl adjacent to an activating group) is 1. The zero-order chi connectivity index (χ0) is 20.8. The Morgan fingerprint density at radius 2 is 1.93 bits per heavy atom. The van der Waals surface area contributed by atoms with Gasteiger partial charge < -0.3 is 18.9 Å². The highest BCUT2D eigenvalue weighted by Gasteiger charge is 2.24. The van der Waals surface area contributed by atoms with Gasteiger partial charge in [-0.25, -0.2) is 0 Å². The lowest BCUT2D eigenvalue weighted by molar-refractivity contribution is -0.138. The second kappa shape index (κ2) is 9.23. The molecule has 3 aromatic rings. The van der Waals surface area contributed by atoms with Crippen LogP contribution in [-0.4, -0.2) is 41.2 Å². The summed E-state index contributed by atoms with van der Waals surface area (Å²) in [5.41, 5.74) is 1.92. The van der Waals surface area contributed by atoms with E-state index >= 15 is 0 Å². The van der Waals surface area contributed by atoms with Crippen molar-refractivity contribution in [2.45, 2.75) is 32.9 Å². The smallest absolute Gasteiger partial charge is 0.263 e. The number of hydrogen-bond donors (Lipinski definition) is 0. The number of benzene rings is 2. The Labute approximate surface area is 170 Å². The molecule has 3 rings (SSSR count). The van der Waals surface area contributed by atoms with Gasteiger partial charge in [0.15, 0.2) is 6.10 Å². The van der Waals surface area contributed by atoms with Gasteiger partial charge in [-0.15, -0.1) is 0 Å². The molecule has 0 saturated carbocycles. The van der Waals surface area contributed by atoms with Crippen LogP contribution < -0.4 is 9.47 Å². The fraction of sp³-hybridized carbons (Fsp3) is 0.318. The van der Waals surface area contributed by atoms with Crippen LogP contribution in [0, 0.1) is 6.92 Å². The van der Waals surface area contributed by atoms with Crippen LogP contribution in [0.15, 0.2) is 53.1 Å². The van der Waals surface area contributed by atoms with E-state index in [1.165, 1.54) is 4.90 Å². The highest BCUT2D eigenvalue weighted by atomic mass is 16.5. The molecular formula is C22H25N3O4. The van der Waals surface area contributed by atoms with E-state index in [9.17, 15) is 4.79 Å². The predicted molar refractivity (Wildman–Crippen MR) is 109 cm³/mol. The van der Waals surface area contributed by atoms with Crippen LogP contribution in [0.25, 0.3) is 11.4 Å². The van der Waals surface area contributed by atoms with Crippen LogP contribution >= 0.6 is 0 Å². The predicted octanol–water partition coefficient (Wildman–Crippen LogP) is 3.87. The Morgan fingerprint density at radius 1 is 1.17 bits per heavy atom. The molecule has 2 aromatic carbocycles. The minimum Gasteiger partial charge on any atom is -0.497 e. The van der Waals surface area contributed by atoms with E-state index in [2.05, 4.69) is 10.1 Å². The molecule has 0 spiro atoms. The lowest BCUT2D eigenvalue weighted by Gasteiger charge is -2.22. The first kappa shape index (κ1) is 20.4. The second-order valence-electron chi connectivity index (χ2n) is 6.77. The van der Waals surface area contributed by atoms with Crippen molar-refractivity contribution in [1.29, 1.82) is 0 Å². The Bertz CT molecular complexity index is 953. The summed E-state index contributed by atoms with van der Waals surface area (Å²) in [5, 5.41) is 4.00. The standard InChI is InChI=1S/C22H25N3O4/c1-5-19(28-17-11-9-15(2)10-12-17)22(26)25(3)14-20-23-21(24-29-20)16-7-6-8-18(13-16)27-4/h6-13,19H,5,14H2,1-4H3/t19-/m1/s1. The number of methoxy groups -OCH3 is 1. The third-order valence-electron chi connectivity index (χ3n) is 4.49. The van der Waals surface area contributed by atoms with Crippen LogP contribution in [0.5, 0.6) is 11.5 Å². The molecule has 152 valence electrons. The van der Waals surface area contributed by atoms with Gasteiger partial charge in [0.1, 0.15) is 11.5 Å². The third-order valence-corrected chi connectivity index (χ3v) is 4.49. The number of nitrogens with zero attached hydrogens (tertiary/aromatic N) is 3. The summed E-state index contributed by atoms with van der Waals surface area (Å²) in [4.78, 5) is 18.7. The Hall–Kier alpha value is -3.35. The maximum absolute atomic E-state index is 12.8. The number of carbonyl (C=O) groups excluding carboxylic acids is 1. The van der Waals surface area contributed by atoms with Crippen LogP contribution in [0.4, 0.5) is 0 Å². The summed E-state index contributed by atoms with van der Waals surface area (Å²) < 4.78 is 16.4. The quantitative estimate of drug-likeness (QED) is 0.576. The summed E-state index contributed by atoms with van der Waals surface area (Å²) in [6.45, 7) is 4.12. The van der Waals surface area contributed by atoms with E-state index in [-0.39, 0.29) is 12.5 Å².